The normalized spacial score (nSPS) is 10.6. The number of aryl methyl sites for hydroxylation is 1. The van der Waals surface area contributed by atoms with Crippen molar-refractivity contribution in [2.24, 2.45) is 0 Å². The Labute approximate surface area is 86.1 Å². The minimum atomic E-state index is 0.241. The molecular formula is C13H18O. The smallest absolute Gasteiger partial charge is 0.162 e. The zero-order valence-electron chi connectivity index (χ0n) is 9.42. The number of carbonyl (C=O) groups excluding carboxylic acids is 1. The molecule has 0 aliphatic carbocycles. The lowest BCUT2D eigenvalue weighted by Gasteiger charge is -2.09. The van der Waals surface area contributed by atoms with Crippen molar-refractivity contribution in [2.45, 2.75) is 40.0 Å². The van der Waals surface area contributed by atoms with E-state index in [1.165, 1.54) is 5.56 Å². The second-order valence-electron chi connectivity index (χ2n) is 4.01. The minimum Gasteiger partial charge on any atom is -0.294 e. The predicted molar refractivity (Wildman–Crippen MR) is 59.9 cm³/mol. The fourth-order valence-electron chi connectivity index (χ4n) is 1.49. The number of rotatable bonds is 3. The molecule has 0 aromatic heterocycles. The van der Waals surface area contributed by atoms with Crippen molar-refractivity contribution in [1.29, 1.82) is 0 Å². The highest BCUT2D eigenvalue weighted by molar-refractivity contribution is 5.97. The molecule has 0 N–H and O–H groups in total. The van der Waals surface area contributed by atoms with Gasteiger partial charge in [-0.25, -0.2) is 0 Å². The molecular weight excluding hydrogens is 172 g/mol. The van der Waals surface area contributed by atoms with Gasteiger partial charge in [-0.2, -0.15) is 0 Å². The third-order valence-corrected chi connectivity index (χ3v) is 2.55. The van der Waals surface area contributed by atoms with Gasteiger partial charge in [0.2, 0.25) is 0 Å². The first kappa shape index (κ1) is 11.0. The first-order chi connectivity index (χ1) is 6.56. The van der Waals surface area contributed by atoms with Gasteiger partial charge in [-0.3, -0.25) is 4.79 Å². The summed E-state index contributed by atoms with van der Waals surface area (Å²) in [5.41, 5.74) is 3.22. The van der Waals surface area contributed by atoms with Crippen LogP contribution in [0.25, 0.3) is 0 Å². The molecule has 1 rings (SSSR count). The van der Waals surface area contributed by atoms with Crippen LogP contribution in [-0.2, 0) is 0 Å². The molecule has 0 fully saturated rings. The van der Waals surface area contributed by atoms with E-state index in [1.807, 2.05) is 26.0 Å². The van der Waals surface area contributed by atoms with Gasteiger partial charge in [0.25, 0.3) is 0 Å². The summed E-state index contributed by atoms with van der Waals surface area (Å²) in [4.78, 5) is 11.6. The maximum Gasteiger partial charge on any atom is 0.162 e. The van der Waals surface area contributed by atoms with Crippen LogP contribution in [0.3, 0.4) is 0 Å². The molecule has 0 radical (unpaired) electrons. The molecule has 76 valence electrons. The number of hydrogen-bond acceptors (Lipinski definition) is 1. The first-order valence-corrected chi connectivity index (χ1v) is 5.20. The van der Waals surface area contributed by atoms with Gasteiger partial charge >= 0.3 is 0 Å². The van der Waals surface area contributed by atoms with Crippen LogP contribution >= 0.6 is 0 Å². The molecule has 0 aliphatic heterocycles. The van der Waals surface area contributed by atoms with Crippen molar-refractivity contribution in [1.82, 2.24) is 0 Å². The molecule has 0 spiro atoms. The second kappa shape index (κ2) is 4.41. The van der Waals surface area contributed by atoms with Crippen molar-refractivity contribution < 1.29 is 4.79 Å². The van der Waals surface area contributed by atoms with E-state index in [0.717, 1.165) is 11.1 Å². The standard InChI is InChI=1S/C13H18O/c1-5-13(14)12-8-11(9(2)3)7-6-10(12)4/h6-9H,5H2,1-4H3. The summed E-state index contributed by atoms with van der Waals surface area (Å²) in [6.45, 7) is 8.19. The average Bonchev–Trinajstić information content (AvgIpc) is 2.17. The van der Waals surface area contributed by atoms with Crippen LogP contribution in [0.1, 0.15) is 54.6 Å². The molecule has 0 bridgehead atoms. The summed E-state index contributed by atoms with van der Waals surface area (Å²) in [5.74, 6) is 0.726. The van der Waals surface area contributed by atoms with E-state index in [1.54, 1.807) is 0 Å². The SMILES string of the molecule is CCC(=O)c1cc(C(C)C)ccc1C. The molecule has 14 heavy (non-hydrogen) atoms. The summed E-state index contributed by atoms with van der Waals surface area (Å²) in [6, 6.07) is 6.18. The highest BCUT2D eigenvalue weighted by Gasteiger charge is 2.08. The summed E-state index contributed by atoms with van der Waals surface area (Å²) in [7, 11) is 0. The van der Waals surface area contributed by atoms with E-state index in [2.05, 4.69) is 19.9 Å². The number of Topliss-reactive ketones (excluding diaryl/α,β-unsaturated/α-hetero) is 1. The topological polar surface area (TPSA) is 17.1 Å². The van der Waals surface area contributed by atoms with Crippen molar-refractivity contribution in [2.75, 3.05) is 0 Å². The zero-order chi connectivity index (χ0) is 10.7. The molecule has 0 aliphatic rings. The molecule has 1 aromatic carbocycles. The van der Waals surface area contributed by atoms with Crippen molar-refractivity contribution in [3.63, 3.8) is 0 Å². The Morgan fingerprint density at radius 2 is 2.00 bits per heavy atom. The van der Waals surface area contributed by atoms with Crippen LogP contribution in [0.2, 0.25) is 0 Å². The number of hydrogen-bond donors (Lipinski definition) is 0. The molecule has 0 atom stereocenters. The number of benzene rings is 1. The van der Waals surface area contributed by atoms with Crippen LogP contribution < -0.4 is 0 Å². The van der Waals surface area contributed by atoms with Gasteiger partial charge in [-0.15, -0.1) is 0 Å². The van der Waals surface area contributed by atoms with Gasteiger partial charge in [0.1, 0.15) is 0 Å². The third kappa shape index (κ3) is 2.22. The molecule has 0 saturated carbocycles. The summed E-state index contributed by atoms with van der Waals surface area (Å²) < 4.78 is 0. The summed E-state index contributed by atoms with van der Waals surface area (Å²) in [5, 5.41) is 0. The van der Waals surface area contributed by atoms with Crippen LogP contribution in [0.5, 0.6) is 0 Å². The number of ketones is 1. The monoisotopic (exact) mass is 190 g/mol. The van der Waals surface area contributed by atoms with Gasteiger partial charge in [0, 0.05) is 12.0 Å². The molecule has 0 saturated heterocycles. The molecule has 0 unspecified atom stereocenters. The summed E-state index contributed by atoms with van der Waals surface area (Å²) in [6.07, 6.45) is 0.586. The van der Waals surface area contributed by atoms with E-state index in [0.29, 0.717) is 12.3 Å². The van der Waals surface area contributed by atoms with E-state index in [4.69, 9.17) is 0 Å². The third-order valence-electron chi connectivity index (χ3n) is 2.55. The maximum atomic E-state index is 11.6. The van der Waals surface area contributed by atoms with Crippen molar-refractivity contribution in [3.8, 4) is 0 Å². The Morgan fingerprint density at radius 3 is 2.50 bits per heavy atom. The van der Waals surface area contributed by atoms with Gasteiger partial charge in [0.05, 0.1) is 0 Å². The lowest BCUT2D eigenvalue weighted by Crippen LogP contribution is -2.01. The molecule has 1 aromatic rings. The van der Waals surface area contributed by atoms with Gasteiger partial charge in [0.15, 0.2) is 5.78 Å². The maximum absolute atomic E-state index is 11.6. The molecule has 1 heteroatoms. The van der Waals surface area contributed by atoms with Gasteiger partial charge in [-0.1, -0.05) is 32.9 Å². The van der Waals surface area contributed by atoms with Crippen molar-refractivity contribution in [3.05, 3.63) is 34.9 Å². The van der Waals surface area contributed by atoms with Crippen LogP contribution in [0.15, 0.2) is 18.2 Å². The van der Waals surface area contributed by atoms with E-state index < -0.39 is 0 Å². The lowest BCUT2D eigenvalue weighted by atomic mass is 9.95. The number of carbonyl (C=O) groups is 1. The van der Waals surface area contributed by atoms with Crippen LogP contribution in [0, 0.1) is 6.92 Å². The summed E-state index contributed by atoms with van der Waals surface area (Å²) >= 11 is 0. The Kier molecular flexibility index (Phi) is 3.45. The fraction of sp³-hybridized carbons (Fsp3) is 0.462. The van der Waals surface area contributed by atoms with Gasteiger partial charge < -0.3 is 0 Å². The van der Waals surface area contributed by atoms with E-state index in [9.17, 15) is 4.79 Å². The largest absolute Gasteiger partial charge is 0.294 e. The van der Waals surface area contributed by atoms with Crippen LogP contribution in [-0.4, -0.2) is 5.78 Å². The van der Waals surface area contributed by atoms with E-state index in [-0.39, 0.29) is 5.78 Å². The predicted octanol–water partition coefficient (Wildman–Crippen LogP) is 3.71. The molecule has 0 heterocycles. The highest BCUT2D eigenvalue weighted by atomic mass is 16.1. The zero-order valence-corrected chi connectivity index (χ0v) is 9.42. The average molecular weight is 190 g/mol. The van der Waals surface area contributed by atoms with Gasteiger partial charge in [-0.05, 0) is 30.0 Å². The molecule has 1 nitrogen and oxygen atoms in total. The Morgan fingerprint density at radius 1 is 1.36 bits per heavy atom. The minimum absolute atomic E-state index is 0.241. The Hall–Kier alpha value is -1.11. The van der Waals surface area contributed by atoms with E-state index >= 15 is 0 Å². The second-order valence-corrected chi connectivity index (χ2v) is 4.01. The Bertz CT molecular complexity index is 337. The fourth-order valence-corrected chi connectivity index (χ4v) is 1.49. The van der Waals surface area contributed by atoms with Crippen LogP contribution in [0.4, 0.5) is 0 Å². The first-order valence-electron chi connectivity index (χ1n) is 5.20. The van der Waals surface area contributed by atoms with Crippen molar-refractivity contribution >= 4 is 5.78 Å². The quantitative estimate of drug-likeness (QED) is 0.664. The highest BCUT2D eigenvalue weighted by Crippen LogP contribution is 2.19. The molecule has 0 amide bonds. The lowest BCUT2D eigenvalue weighted by molar-refractivity contribution is 0.0987. The Balaban J connectivity index is 3.15.